The Morgan fingerprint density at radius 3 is 1.83 bits per heavy atom. The van der Waals surface area contributed by atoms with Gasteiger partial charge in [0.15, 0.2) is 9.84 Å². The smallest absolute Gasteiger partial charge is 0.236 e. The van der Waals surface area contributed by atoms with Gasteiger partial charge in [0.2, 0.25) is 11.8 Å². The molecule has 0 saturated heterocycles. The normalized spacial score (nSPS) is 13.8. The number of amides is 2. The molecule has 70 valence electrons. The van der Waals surface area contributed by atoms with Gasteiger partial charge in [0.1, 0.15) is 5.25 Å². The molecule has 12 heavy (non-hydrogen) atoms. The highest BCUT2D eigenvalue weighted by molar-refractivity contribution is 7.92. The maximum atomic E-state index is 10.8. The number of sulfone groups is 1. The van der Waals surface area contributed by atoms with E-state index in [0.29, 0.717) is 0 Å². The lowest BCUT2D eigenvalue weighted by molar-refractivity contribution is -0.122. The molecule has 0 aliphatic heterocycles. The summed E-state index contributed by atoms with van der Waals surface area (Å²) < 4.78 is 21.6. The zero-order valence-electron chi connectivity index (χ0n) is 6.48. The molecule has 0 bridgehead atoms. The van der Waals surface area contributed by atoms with Crippen molar-refractivity contribution in [3.63, 3.8) is 0 Å². The van der Waals surface area contributed by atoms with E-state index in [1.165, 1.54) is 0 Å². The molecule has 0 aromatic heterocycles. The second-order valence-electron chi connectivity index (χ2n) is 2.39. The molecule has 0 saturated carbocycles. The van der Waals surface area contributed by atoms with E-state index >= 15 is 0 Å². The molecular formula is C5H10N2O4S. The second-order valence-corrected chi connectivity index (χ2v) is 4.62. The summed E-state index contributed by atoms with van der Waals surface area (Å²) in [5.74, 6) is -1.93. The fraction of sp³-hybridized carbons (Fsp3) is 0.600. The average Bonchev–Trinajstić information content (AvgIpc) is 1.79. The summed E-state index contributed by atoms with van der Waals surface area (Å²) in [5.41, 5.74) is 9.46. The van der Waals surface area contributed by atoms with E-state index in [4.69, 9.17) is 11.5 Å². The van der Waals surface area contributed by atoms with E-state index in [0.717, 1.165) is 6.26 Å². The molecule has 0 rings (SSSR count). The Hall–Kier alpha value is -1.11. The van der Waals surface area contributed by atoms with Crippen LogP contribution in [-0.4, -0.2) is 31.7 Å². The van der Waals surface area contributed by atoms with Crippen molar-refractivity contribution in [3.05, 3.63) is 0 Å². The summed E-state index contributed by atoms with van der Waals surface area (Å²) in [7, 11) is -3.63. The highest BCUT2D eigenvalue weighted by Crippen LogP contribution is 2.02. The predicted octanol–water partition coefficient (Wildman–Crippen LogP) is -2.24. The summed E-state index contributed by atoms with van der Waals surface area (Å²) >= 11 is 0. The highest BCUT2D eigenvalue weighted by atomic mass is 32.2. The predicted molar refractivity (Wildman–Crippen MR) is 41.6 cm³/mol. The third kappa shape index (κ3) is 3.33. The van der Waals surface area contributed by atoms with Gasteiger partial charge in [-0.2, -0.15) is 0 Å². The van der Waals surface area contributed by atoms with Gasteiger partial charge in [-0.25, -0.2) is 8.42 Å². The molecule has 4 N–H and O–H groups in total. The topological polar surface area (TPSA) is 120 Å². The van der Waals surface area contributed by atoms with Crippen LogP contribution in [0.3, 0.4) is 0 Å². The Morgan fingerprint density at radius 2 is 1.75 bits per heavy atom. The van der Waals surface area contributed by atoms with Crippen LogP contribution in [0.25, 0.3) is 0 Å². The molecule has 6 nitrogen and oxygen atoms in total. The second kappa shape index (κ2) is 3.53. The van der Waals surface area contributed by atoms with Crippen LogP contribution in [0.4, 0.5) is 0 Å². The molecule has 1 atom stereocenters. The first kappa shape index (κ1) is 10.9. The molecule has 0 aromatic carbocycles. The van der Waals surface area contributed by atoms with E-state index in [1.807, 2.05) is 0 Å². The van der Waals surface area contributed by atoms with Crippen LogP contribution in [0.15, 0.2) is 0 Å². The number of rotatable bonds is 4. The molecule has 0 spiro atoms. The van der Waals surface area contributed by atoms with Crippen LogP contribution in [0.1, 0.15) is 6.42 Å². The standard InChI is InChI=1S/C5H10N2O4S/c1-12(10,11)3(5(7)9)2-4(6)8/h3H,2H2,1H3,(H2,6,8)(H2,7,9). The molecule has 0 aromatic rings. The molecule has 0 aliphatic rings. The number of carbonyl (C=O) groups is 2. The van der Waals surface area contributed by atoms with Crippen LogP contribution in [-0.2, 0) is 19.4 Å². The molecule has 1 unspecified atom stereocenters. The number of hydrogen-bond acceptors (Lipinski definition) is 4. The zero-order chi connectivity index (χ0) is 9.94. The van der Waals surface area contributed by atoms with Crippen molar-refractivity contribution in [2.24, 2.45) is 11.5 Å². The lowest BCUT2D eigenvalue weighted by atomic mass is 10.3. The summed E-state index contributed by atoms with van der Waals surface area (Å²) in [4.78, 5) is 20.8. The maximum Gasteiger partial charge on any atom is 0.236 e. The minimum Gasteiger partial charge on any atom is -0.370 e. The van der Waals surface area contributed by atoms with Crippen molar-refractivity contribution in [1.82, 2.24) is 0 Å². The minimum absolute atomic E-state index is 0.561. The van der Waals surface area contributed by atoms with Gasteiger partial charge in [0.25, 0.3) is 0 Å². The molecular weight excluding hydrogens is 184 g/mol. The SMILES string of the molecule is CS(=O)(=O)C(CC(N)=O)C(N)=O. The van der Waals surface area contributed by atoms with E-state index in [1.54, 1.807) is 0 Å². The highest BCUT2D eigenvalue weighted by Gasteiger charge is 2.28. The quantitative estimate of drug-likeness (QED) is 0.525. The first-order valence-electron chi connectivity index (χ1n) is 3.01. The molecule has 7 heteroatoms. The maximum absolute atomic E-state index is 10.8. The monoisotopic (exact) mass is 194 g/mol. The fourth-order valence-electron chi connectivity index (χ4n) is 0.646. The lowest BCUT2D eigenvalue weighted by Gasteiger charge is -2.07. The van der Waals surface area contributed by atoms with Gasteiger partial charge >= 0.3 is 0 Å². The van der Waals surface area contributed by atoms with E-state index in [9.17, 15) is 18.0 Å². The van der Waals surface area contributed by atoms with Crippen molar-refractivity contribution >= 4 is 21.7 Å². The van der Waals surface area contributed by atoms with Gasteiger partial charge in [-0.3, -0.25) is 9.59 Å². The van der Waals surface area contributed by atoms with Crippen molar-refractivity contribution in [1.29, 1.82) is 0 Å². The number of hydrogen-bond donors (Lipinski definition) is 2. The Bertz CT molecular complexity index is 295. The third-order valence-electron chi connectivity index (χ3n) is 1.22. The molecule has 0 heterocycles. The van der Waals surface area contributed by atoms with Crippen molar-refractivity contribution < 1.29 is 18.0 Å². The zero-order valence-corrected chi connectivity index (χ0v) is 7.30. The Labute approximate surface area is 69.8 Å². The minimum atomic E-state index is -3.63. The van der Waals surface area contributed by atoms with Crippen molar-refractivity contribution in [2.75, 3.05) is 6.26 Å². The molecule has 2 amide bonds. The van der Waals surface area contributed by atoms with Gasteiger partial charge in [0.05, 0.1) is 6.42 Å². The van der Waals surface area contributed by atoms with Gasteiger partial charge < -0.3 is 11.5 Å². The van der Waals surface area contributed by atoms with Crippen molar-refractivity contribution in [3.8, 4) is 0 Å². The summed E-state index contributed by atoms with van der Waals surface area (Å²) in [5, 5.41) is -1.50. The largest absolute Gasteiger partial charge is 0.370 e. The average molecular weight is 194 g/mol. The lowest BCUT2D eigenvalue weighted by Crippen LogP contribution is -2.38. The Morgan fingerprint density at radius 1 is 1.33 bits per heavy atom. The van der Waals surface area contributed by atoms with E-state index in [-0.39, 0.29) is 0 Å². The van der Waals surface area contributed by atoms with Crippen LogP contribution < -0.4 is 11.5 Å². The summed E-state index contributed by atoms with van der Waals surface area (Å²) in [6, 6.07) is 0. The molecule has 0 radical (unpaired) electrons. The van der Waals surface area contributed by atoms with Gasteiger partial charge in [-0.1, -0.05) is 0 Å². The Balaban J connectivity index is 4.70. The summed E-state index contributed by atoms with van der Waals surface area (Å²) in [6.45, 7) is 0. The number of carbonyl (C=O) groups excluding carboxylic acids is 2. The first-order chi connectivity index (χ1) is 5.25. The van der Waals surface area contributed by atoms with Crippen LogP contribution >= 0.6 is 0 Å². The first-order valence-corrected chi connectivity index (χ1v) is 4.97. The van der Waals surface area contributed by atoms with Crippen LogP contribution in [0.2, 0.25) is 0 Å². The fourth-order valence-corrected chi connectivity index (χ4v) is 1.53. The molecule has 0 aliphatic carbocycles. The summed E-state index contributed by atoms with van der Waals surface area (Å²) in [6.07, 6.45) is 0.263. The Kier molecular flexibility index (Phi) is 3.20. The van der Waals surface area contributed by atoms with Crippen molar-refractivity contribution in [2.45, 2.75) is 11.7 Å². The number of primary amides is 2. The van der Waals surface area contributed by atoms with Gasteiger partial charge in [0, 0.05) is 6.26 Å². The molecule has 0 fully saturated rings. The van der Waals surface area contributed by atoms with E-state index in [2.05, 4.69) is 0 Å². The van der Waals surface area contributed by atoms with Crippen LogP contribution in [0.5, 0.6) is 0 Å². The van der Waals surface area contributed by atoms with E-state index < -0.39 is 33.3 Å². The third-order valence-corrected chi connectivity index (χ3v) is 2.65. The van der Waals surface area contributed by atoms with Crippen LogP contribution in [0, 0.1) is 0 Å². The van der Waals surface area contributed by atoms with Gasteiger partial charge in [-0.05, 0) is 0 Å². The van der Waals surface area contributed by atoms with Gasteiger partial charge in [-0.15, -0.1) is 0 Å². The number of nitrogens with two attached hydrogens (primary N) is 2.